The van der Waals surface area contributed by atoms with Crippen molar-refractivity contribution in [3.63, 3.8) is 0 Å². The highest BCUT2D eigenvalue weighted by Crippen LogP contribution is 2.53. The standard InChI is InChI=1S/C32H54N9O14P/c1-40(2)56(51,41(3)4)55-28-26(45)27(53-32(28)50)23(42)17-52-24(43)11-12-25(44)54-39-20(9-5-7-13-33)29(46)38-22(15-19-16-35-18-36-19)30(47)37-21(31(48)49)10-6-8-14-34/h16,18,20-23,27,39,42,45H,5-15,17,33-34H2,1-4H3,(H,35,36)(H,37,47)(H,38,46)(H,48,49). The van der Waals surface area contributed by atoms with Crippen LogP contribution in [-0.4, -0.2) is 149 Å². The summed E-state index contributed by atoms with van der Waals surface area (Å²) in [7, 11) is 1.90. The first kappa shape index (κ1) is 47.5. The number of H-pyrrole nitrogens is 1. The summed E-state index contributed by atoms with van der Waals surface area (Å²) in [6.45, 7) is -0.127. The Morgan fingerprint density at radius 3 is 2.07 bits per heavy atom. The Balaban J connectivity index is 1.99. The summed E-state index contributed by atoms with van der Waals surface area (Å²) < 4.78 is 30.7. The van der Waals surface area contributed by atoms with Gasteiger partial charge in [0.1, 0.15) is 30.8 Å². The second kappa shape index (κ2) is 23.4. The molecule has 1 aromatic rings. The number of nitrogens with zero attached hydrogens (tertiary/aromatic N) is 3. The number of amides is 2. The van der Waals surface area contributed by atoms with E-state index in [9.17, 15) is 48.7 Å². The van der Waals surface area contributed by atoms with Crippen molar-refractivity contribution in [3.05, 3.63) is 29.7 Å². The molecular formula is C32H54N9O14P. The summed E-state index contributed by atoms with van der Waals surface area (Å²) in [5.41, 5.74) is 13.9. The summed E-state index contributed by atoms with van der Waals surface area (Å²) in [6.07, 6.45) is 0.282. The number of cyclic esters (lactones) is 1. The van der Waals surface area contributed by atoms with Crippen LogP contribution in [0.4, 0.5) is 0 Å². The molecule has 0 saturated heterocycles. The Kier molecular flexibility index (Phi) is 19.9. The Morgan fingerprint density at radius 2 is 1.52 bits per heavy atom. The van der Waals surface area contributed by atoms with Gasteiger partial charge in [-0.25, -0.2) is 28.5 Å². The molecule has 2 rings (SSSR count). The molecule has 0 radical (unpaired) electrons. The van der Waals surface area contributed by atoms with Gasteiger partial charge in [-0.2, -0.15) is 0 Å². The summed E-state index contributed by atoms with van der Waals surface area (Å²) in [5.74, 6) is -7.61. The molecule has 11 N–H and O–H groups in total. The van der Waals surface area contributed by atoms with Crippen molar-refractivity contribution in [2.45, 2.75) is 88.1 Å². The van der Waals surface area contributed by atoms with E-state index in [0.29, 0.717) is 44.5 Å². The topological polar surface area (TPSA) is 340 Å². The first-order valence-corrected chi connectivity index (χ1v) is 19.3. The summed E-state index contributed by atoms with van der Waals surface area (Å²) in [5, 5.41) is 35.6. The number of hydrogen-bond acceptors (Lipinski definition) is 17. The number of esters is 2. The molecule has 23 nitrogen and oxygen atoms in total. The van der Waals surface area contributed by atoms with E-state index in [2.05, 4.69) is 26.1 Å². The van der Waals surface area contributed by atoms with Crippen molar-refractivity contribution in [1.29, 1.82) is 0 Å². The third-order valence-electron chi connectivity index (χ3n) is 8.19. The van der Waals surface area contributed by atoms with Crippen molar-refractivity contribution in [3.8, 4) is 0 Å². The number of aromatic amines is 1. The minimum atomic E-state index is -3.79. The number of hydrogen-bond donors (Lipinski definition) is 9. The lowest BCUT2D eigenvalue weighted by molar-refractivity contribution is -0.160. The van der Waals surface area contributed by atoms with Crippen molar-refractivity contribution < 1.29 is 67.5 Å². The zero-order valence-corrected chi connectivity index (χ0v) is 32.7. The zero-order chi connectivity index (χ0) is 42.0. The van der Waals surface area contributed by atoms with Crippen LogP contribution in [-0.2, 0) is 58.6 Å². The average molecular weight is 820 g/mol. The van der Waals surface area contributed by atoms with Crippen LogP contribution >= 0.6 is 7.67 Å². The third kappa shape index (κ3) is 14.8. The van der Waals surface area contributed by atoms with Crippen molar-refractivity contribution in [1.82, 2.24) is 35.4 Å². The van der Waals surface area contributed by atoms with Crippen molar-refractivity contribution in [2.24, 2.45) is 11.5 Å². The number of ether oxygens (including phenoxy) is 2. The van der Waals surface area contributed by atoms with E-state index < -0.39 is 105 Å². The molecule has 0 aliphatic carbocycles. The lowest BCUT2D eigenvalue weighted by atomic mass is 10.1. The van der Waals surface area contributed by atoms with E-state index in [0.717, 1.165) is 0 Å². The largest absolute Gasteiger partial charge is 0.505 e. The molecule has 2 amide bonds. The lowest BCUT2D eigenvalue weighted by Crippen LogP contribution is -2.56. The molecule has 1 aromatic heterocycles. The van der Waals surface area contributed by atoms with E-state index in [1.165, 1.54) is 50.1 Å². The van der Waals surface area contributed by atoms with Gasteiger partial charge in [-0.1, -0.05) is 0 Å². The number of hydroxylamine groups is 1. The van der Waals surface area contributed by atoms with E-state index in [1.807, 2.05) is 0 Å². The van der Waals surface area contributed by atoms with E-state index >= 15 is 0 Å². The molecule has 5 unspecified atom stereocenters. The first-order chi connectivity index (χ1) is 26.4. The van der Waals surface area contributed by atoms with Gasteiger partial charge in [-0.05, 0) is 79.8 Å². The number of aromatic nitrogens is 2. The van der Waals surface area contributed by atoms with Crippen molar-refractivity contribution >= 4 is 43.4 Å². The quantitative estimate of drug-likeness (QED) is 0.0157. The van der Waals surface area contributed by atoms with Gasteiger partial charge in [0.05, 0.1) is 19.2 Å². The molecule has 1 aliphatic rings. The number of carbonyl (C=O) groups is 6. The molecule has 0 saturated carbocycles. The molecular weight excluding hydrogens is 765 g/mol. The maximum atomic E-state index is 13.4. The van der Waals surface area contributed by atoms with Crippen LogP contribution in [0.2, 0.25) is 0 Å². The number of unbranched alkanes of at least 4 members (excludes halogenated alkanes) is 2. The van der Waals surface area contributed by atoms with Crippen LogP contribution in [0, 0.1) is 0 Å². The molecule has 2 heterocycles. The number of aliphatic hydroxyl groups is 2. The van der Waals surface area contributed by atoms with Gasteiger partial charge in [-0.15, -0.1) is 5.48 Å². The van der Waals surface area contributed by atoms with Crippen LogP contribution < -0.4 is 27.6 Å². The SMILES string of the molecule is CN(C)P(=O)(OC1=C(O)C(C(O)COC(=O)CCC(=O)ONC(CCCCN)C(=O)NC(Cc2cnc[nH]2)C(=O)NC(CCCCN)C(=O)O)OC1=O)N(C)C. The monoisotopic (exact) mass is 819 g/mol. The van der Waals surface area contributed by atoms with Gasteiger partial charge in [0.25, 0.3) is 5.76 Å². The Labute approximate surface area is 323 Å². The number of aliphatic hydroxyl groups excluding tert-OH is 2. The maximum absolute atomic E-state index is 13.4. The summed E-state index contributed by atoms with van der Waals surface area (Å²) in [4.78, 5) is 87.5. The molecule has 316 valence electrons. The van der Waals surface area contributed by atoms with Gasteiger partial charge in [-0.3, -0.25) is 19.2 Å². The van der Waals surface area contributed by atoms with E-state index in [1.54, 1.807) is 0 Å². The predicted molar refractivity (Wildman–Crippen MR) is 194 cm³/mol. The van der Waals surface area contributed by atoms with Gasteiger partial charge >= 0.3 is 31.5 Å². The Morgan fingerprint density at radius 1 is 0.946 bits per heavy atom. The zero-order valence-electron chi connectivity index (χ0n) is 31.8. The van der Waals surface area contributed by atoms with Crippen LogP contribution in [0.5, 0.6) is 0 Å². The fraction of sp³-hybridized carbons (Fsp3) is 0.656. The number of aliphatic carboxylic acids is 1. The smallest absolute Gasteiger partial charge is 0.395 e. The second-order valence-electron chi connectivity index (χ2n) is 13.0. The highest BCUT2D eigenvalue weighted by molar-refractivity contribution is 7.54. The highest BCUT2D eigenvalue weighted by Gasteiger charge is 2.45. The van der Waals surface area contributed by atoms with Crippen LogP contribution in [0.1, 0.15) is 57.1 Å². The third-order valence-corrected chi connectivity index (χ3v) is 10.6. The minimum Gasteiger partial charge on any atom is -0.505 e. The second-order valence-corrected chi connectivity index (χ2v) is 15.8. The lowest BCUT2D eigenvalue weighted by Gasteiger charge is -2.29. The van der Waals surface area contributed by atoms with E-state index in [-0.39, 0.29) is 19.3 Å². The molecule has 0 fully saturated rings. The van der Waals surface area contributed by atoms with Gasteiger partial charge in [0.15, 0.2) is 11.9 Å². The maximum Gasteiger partial charge on any atom is 0.395 e. The molecule has 24 heteroatoms. The van der Waals surface area contributed by atoms with Gasteiger partial charge < -0.3 is 61.2 Å². The Bertz CT molecular complexity index is 1550. The first-order valence-electron chi connectivity index (χ1n) is 17.7. The summed E-state index contributed by atoms with van der Waals surface area (Å²) in [6, 6.07) is -3.70. The number of nitrogens with one attached hydrogen (secondary N) is 4. The van der Waals surface area contributed by atoms with Crippen molar-refractivity contribution in [2.75, 3.05) is 47.9 Å². The molecule has 1 aliphatic heterocycles. The van der Waals surface area contributed by atoms with Gasteiger partial charge in [0.2, 0.25) is 11.8 Å². The molecule has 5 atom stereocenters. The van der Waals surface area contributed by atoms with Crippen LogP contribution in [0.3, 0.4) is 0 Å². The molecule has 56 heavy (non-hydrogen) atoms. The van der Waals surface area contributed by atoms with Crippen LogP contribution in [0.15, 0.2) is 24.0 Å². The number of nitrogens with two attached hydrogens (primary N) is 2. The number of carbonyl (C=O) groups excluding carboxylic acids is 5. The highest BCUT2D eigenvalue weighted by atomic mass is 31.2. The van der Waals surface area contributed by atoms with Gasteiger partial charge in [0, 0.05) is 18.3 Å². The average Bonchev–Trinajstić information content (AvgIpc) is 3.76. The summed E-state index contributed by atoms with van der Waals surface area (Å²) >= 11 is 0. The molecule has 0 spiro atoms. The predicted octanol–water partition coefficient (Wildman–Crippen LogP) is -1.69. The fourth-order valence-corrected chi connectivity index (χ4v) is 6.48. The molecule has 0 bridgehead atoms. The number of rotatable bonds is 27. The normalized spacial score (nSPS) is 16.5. The fourth-order valence-electron chi connectivity index (χ4n) is 5.03. The number of carboxylic acids is 1. The molecule has 0 aromatic carbocycles. The van der Waals surface area contributed by atoms with Crippen LogP contribution in [0.25, 0.3) is 0 Å². The van der Waals surface area contributed by atoms with E-state index in [4.69, 9.17) is 30.3 Å². The minimum absolute atomic E-state index is 0.0815. The Hall–Kier alpha value is -4.64. The number of carboxylic acid groups (broad SMARTS) is 1. The number of imidazole rings is 1.